The van der Waals surface area contributed by atoms with E-state index in [2.05, 4.69) is 5.32 Å². The van der Waals surface area contributed by atoms with Gasteiger partial charge in [0.25, 0.3) is 10.1 Å². The maximum Gasteiger partial charge on any atom is 0.412 e. The van der Waals surface area contributed by atoms with E-state index in [0.717, 1.165) is 6.26 Å². The first kappa shape index (κ1) is 19.2. The molecule has 1 atom stereocenters. The van der Waals surface area contributed by atoms with Gasteiger partial charge in [0.1, 0.15) is 5.60 Å². The first-order valence-corrected chi connectivity index (χ1v) is 9.39. The van der Waals surface area contributed by atoms with E-state index in [1.165, 1.54) is 0 Å². The van der Waals surface area contributed by atoms with Crippen LogP contribution in [0.2, 0.25) is 0 Å². The molecule has 0 fully saturated rings. The second kappa shape index (κ2) is 6.71. The standard InChI is InChI=1S/C14H20INO5S/c1-13(2,3)20-12(17)16-11-9-7-6-8-10(11)14(4,15)21-22(5,18)19/h6-9H,1-5H3,(H,16,17). The Kier molecular flexibility index (Phi) is 5.85. The Morgan fingerprint density at radius 3 is 2.23 bits per heavy atom. The highest BCUT2D eigenvalue weighted by Gasteiger charge is 2.31. The van der Waals surface area contributed by atoms with Crippen LogP contribution < -0.4 is 5.32 Å². The number of anilines is 1. The zero-order valence-electron chi connectivity index (χ0n) is 13.1. The van der Waals surface area contributed by atoms with Crippen LogP contribution in [0.3, 0.4) is 0 Å². The summed E-state index contributed by atoms with van der Waals surface area (Å²) in [6.07, 6.45) is 0.361. The Bertz CT molecular complexity index is 649. The lowest BCUT2D eigenvalue weighted by Crippen LogP contribution is -2.29. The third-order valence-corrected chi connectivity index (χ3v) is 4.09. The van der Waals surface area contributed by atoms with Gasteiger partial charge in [-0.05, 0) is 56.4 Å². The summed E-state index contributed by atoms with van der Waals surface area (Å²) < 4.78 is 31.9. The molecule has 1 unspecified atom stereocenters. The number of para-hydroxylation sites is 1. The molecule has 0 aliphatic carbocycles. The van der Waals surface area contributed by atoms with E-state index >= 15 is 0 Å². The minimum absolute atomic E-state index is 0.428. The molecule has 0 saturated heterocycles. The van der Waals surface area contributed by atoms with Gasteiger partial charge in [-0.25, -0.2) is 8.98 Å². The van der Waals surface area contributed by atoms with Crippen molar-refractivity contribution in [2.75, 3.05) is 11.6 Å². The van der Waals surface area contributed by atoms with Crippen LogP contribution in [0.5, 0.6) is 0 Å². The van der Waals surface area contributed by atoms with Crippen molar-refractivity contribution in [3.8, 4) is 0 Å². The summed E-state index contributed by atoms with van der Waals surface area (Å²) in [4.78, 5) is 11.9. The highest BCUT2D eigenvalue weighted by atomic mass is 127. The van der Waals surface area contributed by atoms with Gasteiger partial charge in [-0.15, -0.1) is 0 Å². The van der Waals surface area contributed by atoms with Gasteiger partial charge in [-0.1, -0.05) is 18.2 Å². The Balaban J connectivity index is 3.07. The van der Waals surface area contributed by atoms with Crippen molar-refractivity contribution < 1.29 is 22.1 Å². The molecule has 0 aromatic heterocycles. The molecule has 1 amide bonds. The third kappa shape index (κ3) is 6.49. The van der Waals surface area contributed by atoms with Crippen LogP contribution in [0.1, 0.15) is 33.3 Å². The summed E-state index contributed by atoms with van der Waals surface area (Å²) in [5.74, 6) is 0. The molecular weight excluding hydrogens is 421 g/mol. The number of alkyl halides is 1. The maximum absolute atomic E-state index is 11.9. The summed E-state index contributed by atoms with van der Waals surface area (Å²) in [5.41, 5.74) is 0.319. The van der Waals surface area contributed by atoms with Crippen LogP contribution in [0.25, 0.3) is 0 Å². The minimum atomic E-state index is -3.66. The molecule has 1 rings (SSSR count). The van der Waals surface area contributed by atoms with Crippen molar-refractivity contribution in [2.45, 2.75) is 36.9 Å². The Hall–Kier alpha value is -0.870. The molecule has 124 valence electrons. The lowest BCUT2D eigenvalue weighted by atomic mass is 10.1. The van der Waals surface area contributed by atoms with Crippen LogP contribution in [-0.2, 0) is 22.6 Å². The Labute approximate surface area is 144 Å². The lowest BCUT2D eigenvalue weighted by Gasteiger charge is -2.25. The predicted molar refractivity (Wildman–Crippen MR) is 93.6 cm³/mol. The Morgan fingerprint density at radius 1 is 1.18 bits per heavy atom. The molecule has 1 N–H and O–H groups in total. The van der Waals surface area contributed by atoms with Crippen LogP contribution in [0, 0.1) is 0 Å². The number of amides is 1. The first-order chi connectivity index (χ1) is 9.80. The molecule has 0 spiro atoms. The summed E-state index contributed by atoms with van der Waals surface area (Å²) in [5, 5.41) is 2.62. The largest absolute Gasteiger partial charge is 0.444 e. The van der Waals surface area contributed by atoms with Gasteiger partial charge >= 0.3 is 6.09 Å². The first-order valence-electron chi connectivity index (χ1n) is 6.49. The van der Waals surface area contributed by atoms with Crippen molar-refractivity contribution >= 4 is 44.5 Å². The summed E-state index contributed by atoms with van der Waals surface area (Å²) in [7, 11) is -3.66. The van der Waals surface area contributed by atoms with Crippen LogP contribution in [0.15, 0.2) is 24.3 Å². The summed E-state index contributed by atoms with van der Waals surface area (Å²) in [6.45, 7) is 6.87. The van der Waals surface area contributed by atoms with E-state index in [1.807, 2.05) is 22.6 Å². The highest BCUT2D eigenvalue weighted by molar-refractivity contribution is 14.1. The highest BCUT2D eigenvalue weighted by Crippen LogP contribution is 2.38. The quantitative estimate of drug-likeness (QED) is 0.439. The molecule has 1 aromatic carbocycles. The van der Waals surface area contributed by atoms with Crippen LogP contribution in [0.4, 0.5) is 10.5 Å². The number of hydrogen-bond acceptors (Lipinski definition) is 5. The number of nitrogens with one attached hydrogen (secondary N) is 1. The van der Waals surface area contributed by atoms with Gasteiger partial charge < -0.3 is 4.74 Å². The zero-order valence-corrected chi connectivity index (χ0v) is 16.1. The maximum atomic E-state index is 11.9. The molecule has 0 aliphatic heterocycles. The van der Waals surface area contributed by atoms with Gasteiger partial charge in [0, 0.05) is 5.56 Å². The zero-order chi connectivity index (χ0) is 17.2. The minimum Gasteiger partial charge on any atom is -0.444 e. The topological polar surface area (TPSA) is 81.7 Å². The van der Waals surface area contributed by atoms with E-state index in [-0.39, 0.29) is 0 Å². The average molecular weight is 441 g/mol. The summed E-state index contributed by atoms with van der Waals surface area (Å²) >= 11 is 1.87. The van der Waals surface area contributed by atoms with Gasteiger partial charge in [-0.2, -0.15) is 8.42 Å². The predicted octanol–water partition coefficient (Wildman–Crippen LogP) is 3.62. The molecule has 0 aliphatic rings. The van der Waals surface area contributed by atoms with Crippen molar-refractivity contribution in [3.05, 3.63) is 29.8 Å². The summed E-state index contributed by atoms with van der Waals surface area (Å²) in [6, 6.07) is 6.80. The van der Waals surface area contributed by atoms with E-state index in [1.54, 1.807) is 52.0 Å². The van der Waals surface area contributed by atoms with Gasteiger partial charge in [-0.3, -0.25) is 5.32 Å². The molecule has 6 nitrogen and oxygen atoms in total. The third-order valence-electron chi connectivity index (χ3n) is 2.35. The fourth-order valence-corrected chi connectivity index (χ4v) is 3.83. The number of carbonyl (C=O) groups excluding carboxylic acids is 1. The van der Waals surface area contributed by atoms with E-state index < -0.39 is 25.4 Å². The number of hydrogen-bond donors (Lipinski definition) is 1. The molecule has 22 heavy (non-hydrogen) atoms. The molecule has 0 heterocycles. The normalized spacial score (nSPS) is 15.0. The van der Waals surface area contributed by atoms with Crippen LogP contribution >= 0.6 is 22.6 Å². The SMILES string of the molecule is CC(C)(C)OC(=O)Nc1ccccc1C(C)(I)OS(C)(=O)=O. The number of halogens is 1. The van der Waals surface area contributed by atoms with Crippen molar-refractivity contribution in [2.24, 2.45) is 0 Å². The van der Waals surface area contributed by atoms with Gasteiger partial charge in [0.15, 0.2) is 3.61 Å². The average Bonchev–Trinajstić information content (AvgIpc) is 2.23. The van der Waals surface area contributed by atoms with E-state index in [0.29, 0.717) is 11.3 Å². The van der Waals surface area contributed by atoms with Crippen molar-refractivity contribution in [1.29, 1.82) is 0 Å². The monoisotopic (exact) mass is 441 g/mol. The number of carbonyl (C=O) groups is 1. The number of rotatable bonds is 4. The second-order valence-electron chi connectivity index (χ2n) is 5.88. The molecule has 8 heteroatoms. The fraction of sp³-hybridized carbons (Fsp3) is 0.500. The van der Waals surface area contributed by atoms with Gasteiger partial charge in [0.05, 0.1) is 11.9 Å². The Morgan fingerprint density at radius 2 is 1.73 bits per heavy atom. The van der Waals surface area contributed by atoms with Crippen LogP contribution in [-0.4, -0.2) is 26.4 Å². The van der Waals surface area contributed by atoms with E-state index in [4.69, 9.17) is 8.92 Å². The molecule has 0 bridgehead atoms. The number of ether oxygens (including phenoxy) is 1. The molecular formula is C14H20INO5S. The molecule has 0 saturated carbocycles. The molecule has 0 radical (unpaired) electrons. The number of benzene rings is 1. The lowest BCUT2D eigenvalue weighted by molar-refractivity contribution is 0.0635. The van der Waals surface area contributed by atoms with Gasteiger partial charge in [0.2, 0.25) is 0 Å². The van der Waals surface area contributed by atoms with E-state index in [9.17, 15) is 13.2 Å². The fourth-order valence-electron chi connectivity index (χ4n) is 1.72. The molecule has 1 aromatic rings. The van der Waals surface area contributed by atoms with Crippen molar-refractivity contribution in [3.63, 3.8) is 0 Å². The van der Waals surface area contributed by atoms with Crippen molar-refractivity contribution in [1.82, 2.24) is 0 Å². The second-order valence-corrected chi connectivity index (χ2v) is 9.51. The smallest absolute Gasteiger partial charge is 0.412 e.